The smallest absolute Gasteiger partial charge is 0.350 e. The Morgan fingerprint density at radius 1 is 1.56 bits per heavy atom. The molecule has 5 nitrogen and oxygen atoms in total. The molecule has 0 bridgehead atoms. The first-order chi connectivity index (χ1) is 7.43. The molecule has 0 aromatic heterocycles. The van der Waals surface area contributed by atoms with Gasteiger partial charge in [-0.25, -0.2) is 8.42 Å². The molecule has 0 amide bonds. The summed E-state index contributed by atoms with van der Waals surface area (Å²) in [5.74, 6) is -3.39. The van der Waals surface area contributed by atoms with Gasteiger partial charge in [-0.15, -0.1) is 0 Å². The highest BCUT2D eigenvalue weighted by molar-refractivity contribution is 7.89. The molecule has 8 heteroatoms. The molecule has 0 aromatic rings. The van der Waals surface area contributed by atoms with Gasteiger partial charge in [-0.2, -0.15) is 13.1 Å². The summed E-state index contributed by atoms with van der Waals surface area (Å²) in [5.41, 5.74) is 5.40. The van der Waals surface area contributed by atoms with Gasteiger partial charge in [0.15, 0.2) is 0 Å². The highest BCUT2D eigenvalue weighted by atomic mass is 32.2. The lowest BCUT2D eigenvalue weighted by molar-refractivity contribution is 0.0379. The van der Waals surface area contributed by atoms with Crippen molar-refractivity contribution in [1.82, 2.24) is 4.31 Å². The second-order valence-electron chi connectivity index (χ2n) is 3.69. The van der Waals surface area contributed by atoms with Gasteiger partial charge in [-0.3, -0.25) is 0 Å². The van der Waals surface area contributed by atoms with Crippen LogP contribution in [0.15, 0.2) is 0 Å². The predicted molar refractivity (Wildman–Crippen MR) is 54.5 cm³/mol. The Morgan fingerprint density at radius 3 is 2.62 bits per heavy atom. The molecule has 96 valence electrons. The molecule has 1 aliphatic rings. The van der Waals surface area contributed by atoms with E-state index in [9.17, 15) is 17.2 Å². The van der Waals surface area contributed by atoms with E-state index in [0.29, 0.717) is 12.8 Å². The molecule has 0 radical (unpaired) electrons. The summed E-state index contributed by atoms with van der Waals surface area (Å²) in [6, 6.07) is -0.599. The van der Waals surface area contributed by atoms with E-state index in [-0.39, 0.29) is 19.2 Å². The zero-order valence-electron chi connectivity index (χ0n) is 8.97. The number of alkyl halides is 2. The fourth-order valence-electron chi connectivity index (χ4n) is 1.86. The zero-order valence-corrected chi connectivity index (χ0v) is 9.79. The lowest BCUT2D eigenvalue weighted by Gasteiger charge is -2.36. The van der Waals surface area contributed by atoms with E-state index in [0.717, 1.165) is 4.31 Å². The molecule has 2 unspecified atom stereocenters. The molecule has 2 atom stereocenters. The fourth-order valence-corrected chi connectivity index (χ4v) is 3.01. The van der Waals surface area contributed by atoms with Crippen molar-refractivity contribution in [2.45, 2.75) is 30.7 Å². The number of hydrogen-bond acceptors (Lipinski definition) is 4. The van der Waals surface area contributed by atoms with Crippen LogP contribution in [0, 0.1) is 0 Å². The van der Waals surface area contributed by atoms with E-state index in [1.165, 1.54) is 7.11 Å². The molecule has 16 heavy (non-hydrogen) atoms. The van der Waals surface area contributed by atoms with E-state index in [4.69, 9.17) is 10.5 Å². The van der Waals surface area contributed by atoms with Crippen molar-refractivity contribution < 1.29 is 21.9 Å². The molecule has 0 spiro atoms. The number of rotatable bonds is 4. The number of piperidine rings is 1. The second-order valence-corrected chi connectivity index (χ2v) is 5.54. The summed E-state index contributed by atoms with van der Waals surface area (Å²) in [7, 11) is -3.02. The van der Waals surface area contributed by atoms with Crippen LogP contribution < -0.4 is 5.73 Å². The molecule has 0 aliphatic carbocycles. The summed E-state index contributed by atoms with van der Waals surface area (Å²) < 4.78 is 53.3. The van der Waals surface area contributed by atoms with Crippen LogP contribution in [0.3, 0.4) is 0 Å². The molecule has 1 aliphatic heterocycles. The minimum Gasteiger partial charge on any atom is -0.381 e. The van der Waals surface area contributed by atoms with Crippen LogP contribution in [-0.2, 0) is 14.8 Å². The summed E-state index contributed by atoms with van der Waals surface area (Å²) in [6.07, 6.45) is 0.662. The number of nitrogens with zero attached hydrogens (tertiary/aromatic N) is 1. The average molecular weight is 258 g/mol. The van der Waals surface area contributed by atoms with E-state index < -0.39 is 21.8 Å². The van der Waals surface area contributed by atoms with E-state index in [2.05, 4.69) is 0 Å². The standard InChI is InChI=1S/C8H16F2N2O3S/c1-15-7-2-3-12(6(4-7)5-11)16(13,14)8(9)10/h6-8H,2-5,11H2,1H3. The molecule has 1 rings (SSSR count). The Bertz CT molecular complexity index is 323. The maximum absolute atomic E-state index is 12.4. The Balaban J connectivity index is 2.82. The third-order valence-electron chi connectivity index (χ3n) is 2.77. The van der Waals surface area contributed by atoms with Crippen LogP contribution in [0.5, 0.6) is 0 Å². The number of halogens is 2. The van der Waals surface area contributed by atoms with Gasteiger partial charge in [-0.1, -0.05) is 0 Å². The molecule has 1 saturated heterocycles. The highest BCUT2D eigenvalue weighted by Gasteiger charge is 2.40. The van der Waals surface area contributed by atoms with Crippen molar-refractivity contribution in [3.8, 4) is 0 Å². The maximum Gasteiger partial charge on any atom is 0.350 e. The second kappa shape index (κ2) is 5.35. The predicted octanol–water partition coefficient (Wildman–Crippen LogP) is -0.0231. The molecule has 0 saturated carbocycles. The van der Waals surface area contributed by atoms with Crippen molar-refractivity contribution in [3.63, 3.8) is 0 Å². The Kier molecular flexibility index (Phi) is 4.60. The third kappa shape index (κ3) is 2.68. The van der Waals surface area contributed by atoms with Gasteiger partial charge in [0.1, 0.15) is 0 Å². The van der Waals surface area contributed by atoms with Crippen LogP contribution >= 0.6 is 0 Å². The lowest BCUT2D eigenvalue weighted by atomic mass is 10.0. The topological polar surface area (TPSA) is 72.6 Å². The molecule has 1 fully saturated rings. The quantitative estimate of drug-likeness (QED) is 0.769. The van der Waals surface area contributed by atoms with Gasteiger partial charge < -0.3 is 10.5 Å². The molecular formula is C8H16F2N2O3S. The van der Waals surface area contributed by atoms with E-state index in [1.54, 1.807) is 0 Å². The van der Waals surface area contributed by atoms with Gasteiger partial charge in [-0.05, 0) is 12.8 Å². The van der Waals surface area contributed by atoms with Gasteiger partial charge >= 0.3 is 5.76 Å². The van der Waals surface area contributed by atoms with Gasteiger partial charge in [0, 0.05) is 26.2 Å². The first kappa shape index (κ1) is 13.8. The van der Waals surface area contributed by atoms with Crippen molar-refractivity contribution in [2.24, 2.45) is 5.73 Å². The van der Waals surface area contributed by atoms with Crippen molar-refractivity contribution in [1.29, 1.82) is 0 Å². The number of nitrogens with two attached hydrogens (primary N) is 1. The van der Waals surface area contributed by atoms with Crippen LogP contribution in [0.4, 0.5) is 8.78 Å². The van der Waals surface area contributed by atoms with Crippen molar-refractivity contribution in [3.05, 3.63) is 0 Å². The highest BCUT2D eigenvalue weighted by Crippen LogP contribution is 2.24. The Labute approximate surface area is 93.6 Å². The Hall–Kier alpha value is -0.310. The first-order valence-corrected chi connectivity index (χ1v) is 6.45. The van der Waals surface area contributed by atoms with E-state index >= 15 is 0 Å². The van der Waals surface area contributed by atoms with Gasteiger partial charge in [0.05, 0.1) is 6.10 Å². The van der Waals surface area contributed by atoms with Crippen molar-refractivity contribution >= 4 is 10.0 Å². The van der Waals surface area contributed by atoms with Crippen LogP contribution in [0.2, 0.25) is 0 Å². The molecule has 0 aromatic carbocycles. The minimum atomic E-state index is -4.53. The minimum absolute atomic E-state index is 0.0197. The summed E-state index contributed by atoms with van der Waals surface area (Å²) in [6.45, 7) is 0.0544. The van der Waals surface area contributed by atoms with Gasteiger partial charge in [0.2, 0.25) is 0 Å². The fraction of sp³-hybridized carbons (Fsp3) is 1.00. The molecule has 2 N–H and O–H groups in total. The summed E-state index contributed by atoms with van der Waals surface area (Å²) >= 11 is 0. The van der Waals surface area contributed by atoms with Crippen LogP contribution in [0.1, 0.15) is 12.8 Å². The summed E-state index contributed by atoms with van der Waals surface area (Å²) in [5, 5.41) is 0. The first-order valence-electron chi connectivity index (χ1n) is 4.95. The lowest BCUT2D eigenvalue weighted by Crippen LogP contribution is -2.52. The number of sulfonamides is 1. The third-order valence-corrected chi connectivity index (χ3v) is 4.36. The van der Waals surface area contributed by atoms with Crippen molar-refractivity contribution in [2.75, 3.05) is 20.2 Å². The molecule has 1 heterocycles. The largest absolute Gasteiger partial charge is 0.381 e. The SMILES string of the molecule is COC1CCN(S(=O)(=O)C(F)F)C(CN)C1. The van der Waals surface area contributed by atoms with Crippen LogP contribution in [-0.4, -0.2) is 50.8 Å². The Morgan fingerprint density at radius 2 is 2.19 bits per heavy atom. The van der Waals surface area contributed by atoms with Gasteiger partial charge in [0.25, 0.3) is 10.0 Å². The number of methoxy groups -OCH3 is 1. The maximum atomic E-state index is 12.4. The monoisotopic (exact) mass is 258 g/mol. The normalized spacial score (nSPS) is 28.6. The molecular weight excluding hydrogens is 242 g/mol. The van der Waals surface area contributed by atoms with Crippen LogP contribution in [0.25, 0.3) is 0 Å². The zero-order chi connectivity index (χ0) is 12.3. The average Bonchev–Trinajstić information content (AvgIpc) is 2.27. The summed E-state index contributed by atoms with van der Waals surface area (Å²) in [4.78, 5) is 0. The van der Waals surface area contributed by atoms with E-state index in [1.807, 2.05) is 0 Å². The number of ether oxygens (including phenoxy) is 1. The number of hydrogen-bond donors (Lipinski definition) is 1.